The average molecular weight is 391 g/mol. The van der Waals surface area contributed by atoms with Crippen molar-refractivity contribution in [2.45, 2.75) is 0 Å². The van der Waals surface area contributed by atoms with Crippen molar-refractivity contribution in [2.75, 3.05) is 42.6 Å². The van der Waals surface area contributed by atoms with Crippen LogP contribution in [0.15, 0.2) is 53.9 Å². The molecule has 4 rings (SSSR count). The Morgan fingerprint density at radius 3 is 2.59 bits per heavy atom. The van der Waals surface area contributed by atoms with Gasteiger partial charge in [0.2, 0.25) is 0 Å². The first-order valence-corrected chi connectivity index (χ1v) is 9.20. The molecule has 0 atom stereocenters. The van der Waals surface area contributed by atoms with E-state index < -0.39 is 0 Å². The maximum atomic E-state index is 12.3. The first-order chi connectivity index (χ1) is 14.1. The summed E-state index contributed by atoms with van der Waals surface area (Å²) in [6, 6.07) is 10.6. The number of rotatable bonds is 5. The van der Waals surface area contributed by atoms with Crippen LogP contribution in [0.2, 0.25) is 0 Å². The number of amides is 3. The zero-order chi connectivity index (χ0) is 20.2. The van der Waals surface area contributed by atoms with Gasteiger partial charge in [-0.1, -0.05) is 0 Å². The van der Waals surface area contributed by atoms with E-state index in [9.17, 15) is 14.4 Å². The summed E-state index contributed by atoms with van der Waals surface area (Å²) >= 11 is 0. The van der Waals surface area contributed by atoms with Crippen LogP contribution in [0.4, 0.5) is 11.4 Å². The number of hydrogen-bond donors (Lipinski definition) is 2. The summed E-state index contributed by atoms with van der Waals surface area (Å²) in [4.78, 5) is 42.4. The molecule has 1 saturated heterocycles. The van der Waals surface area contributed by atoms with Crippen LogP contribution in [0.3, 0.4) is 0 Å². The lowest BCUT2D eigenvalue weighted by Crippen LogP contribution is -2.41. The third-order valence-corrected chi connectivity index (χ3v) is 4.70. The third kappa shape index (κ3) is 4.13. The Labute approximate surface area is 167 Å². The van der Waals surface area contributed by atoms with E-state index in [1.807, 2.05) is 0 Å². The molecule has 1 fully saturated rings. The maximum absolute atomic E-state index is 12.3. The van der Waals surface area contributed by atoms with Crippen LogP contribution < -0.4 is 15.1 Å². The van der Waals surface area contributed by atoms with E-state index in [-0.39, 0.29) is 30.9 Å². The van der Waals surface area contributed by atoms with Gasteiger partial charge in [0.05, 0.1) is 13.2 Å². The van der Waals surface area contributed by atoms with E-state index in [2.05, 4.69) is 22.1 Å². The second kappa shape index (κ2) is 8.18. The maximum Gasteiger partial charge on any atom is 0.267 e. The Balaban J connectivity index is 1.41. The van der Waals surface area contributed by atoms with Crippen molar-refractivity contribution in [1.82, 2.24) is 10.3 Å². The SMILES string of the molecule is O=C(NCC1=C=[C]C(=O)N(c2ccc(N3CCOCC3=O)cc2)C1)c1ccc[nH]1. The highest BCUT2D eigenvalue weighted by atomic mass is 16.5. The molecule has 2 aromatic rings. The molecule has 0 saturated carbocycles. The lowest BCUT2D eigenvalue weighted by Gasteiger charge is -2.28. The van der Waals surface area contributed by atoms with Crippen molar-refractivity contribution in [1.29, 1.82) is 0 Å². The zero-order valence-corrected chi connectivity index (χ0v) is 15.6. The molecule has 2 aliphatic heterocycles. The first-order valence-electron chi connectivity index (χ1n) is 9.20. The minimum atomic E-state index is -0.306. The first kappa shape index (κ1) is 18.7. The molecule has 147 valence electrons. The van der Waals surface area contributed by atoms with Crippen LogP contribution in [0, 0.1) is 6.08 Å². The number of ether oxygens (including phenoxy) is 1. The molecule has 2 N–H and O–H groups in total. The molecule has 29 heavy (non-hydrogen) atoms. The minimum Gasteiger partial charge on any atom is -0.370 e. The van der Waals surface area contributed by atoms with E-state index in [1.54, 1.807) is 52.4 Å². The molecule has 3 heterocycles. The van der Waals surface area contributed by atoms with Crippen molar-refractivity contribution in [3.8, 4) is 0 Å². The molecule has 1 radical (unpaired) electrons. The topological polar surface area (TPSA) is 94.7 Å². The highest BCUT2D eigenvalue weighted by Gasteiger charge is 2.22. The molecular formula is C21H19N4O4. The number of morpholine rings is 1. The molecule has 2 aliphatic rings. The van der Waals surface area contributed by atoms with E-state index >= 15 is 0 Å². The lowest BCUT2D eigenvalue weighted by molar-refractivity contribution is -0.125. The van der Waals surface area contributed by atoms with Gasteiger partial charge in [0.1, 0.15) is 18.4 Å². The number of aromatic nitrogens is 1. The van der Waals surface area contributed by atoms with Gasteiger partial charge in [-0.2, -0.15) is 0 Å². The van der Waals surface area contributed by atoms with Crippen molar-refractivity contribution in [3.05, 3.63) is 65.7 Å². The molecule has 0 bridgehead atoms. The van der Waals surface area contributed by atoms with Gasteiger partial charge in [-0.3, -0.25) is 14.4 Å². The zero-order valence-electron chi connectivity index (χ0n) is 15.6. The number of aromatic amines is 1. The summed E-state index contributed by atoms with van der Waals surface area (Å²) in [5.74, 6) is -0.621. The van der Waals surface area contributed by atoms with Gasteiger partial charge >= 0.3 is 0 Å². The Morgan fingerprint density at radius 2 is 1.90 bits per heavy atom. The van der Waals surface area contributed by atoms with Crippen LogP contribution in [-0.4, -0.2) is 55.6 Å². The number of anilines is 2. The van der Waals surface area contributed by atoms with Crippen molar-refractivity contribution in [3.63, 3.8) is 0 Å². The summed E-state index contributed by atoms with van der Waals surface area (Å²) < 4.78 is 5.15. The highest BCUT2D eigenvalue weighted by Crippen LogP contribution is 2.23. The Hall–Kier alpha value is -3.61. The van der Waals surface area contributed by atoms with Gasteiger partial charge in [-0.05, 0) is 36.4 Å². The quantitative estimate of drug-likeness (QED) is 0.745. The monoisotopic (exact) mass is 391 g/mol. The fraction of sp³-hybridized carbons (Fsp3) is 0.238. The van der Waals surface area contributed by atoms with Crippen LogP contribution in [0.1, 0.15) is 10.5 Å². The number of nitrogens with one attached hydrogen (secondary N) is 2. The Morgan fingerprint density at radius 1 is 1.14 bits per heavy atom. The fourth-order valence-electron chi connectivity index (χ4n) is 3.18. The smallest absolute Gasteiger partial charge is 0.267 e. The molecule has 0 spiro atoms. The predicted molar refractivity (Wildman–Crippen MR) is 105 cm³/mol. The van der Waals surface area contributed by atoms with Gasteiger partial charge in [0, 0.05) is 36.2 Å². The lowest BCUT2D eigenvalue weighted by atomic mass is 10.1. The van der Waals surface area contributed by atoms with E-state index in [0.29, 0.717) is 31.1 Å². The summed E-state index contributed by atoms with van der Waals surface area (Å²) in [5.41, 5.74) is 5.47. The molecule has 1 aromatic carbocycles. The van der Waals surface area contributed by atoms with Crippen LogP contribution >= 0.6 is 0 Å². The average Bonchev–Trinajstić information content (AvgIpc) is 3.29. The fourth-order valence-corrected chi connectivity index (χ4v) is 3.18. The van der Waals surface area contributed by atoms with Gasteiger partial charge < -0.3 is 24.8 Å². The molecule has 0 unspecified atom stereocenters. The molecule has 8 nitrogen and oxygen atoms in total. The van der Waals surface area contributed by atoms with Crippen molar-refractivity contribution in [2.24, 2.45) is 0 Å². The van der Waals surface area contributed by atoms with Crippen molar-refractivity contribution < 1.29 is 19.1 Å². The van der Waals surface area contributed by atoms with Gasteiger partial charge in [0.25, 0.3) is 17.7 Å². The number of benzene rings is 1. The summed E-state index contributed by atoms with van der Waals surface area (Å²) in [5, 5.41) is 2.79. The van der Waals surface area contributed by atoms with Crippen LogP contribution in [-0.2, 0) is 14.3 Å². The van der Waals surface area contributed by atoms with Gasteiger partial charge in [-0.15, -0.1) is 5.73 Å². The normalized spacial score (nSPS) is 16.8. The second-order valence-electron chi connectivity index (χ2n) is 6.63. The minimum absolute atomic E-state index is 0.0779. The Kier molecular flexibility index (Phi) is 5.29. The van der Waals surface area contributed by atoms with E-state index in [0.717, 1.165) is 11.3 Å². The molecule has 0 aliphatic carbocycles. The molecule has 1 aromatic heterocycles. The predicted octanol–water partition coefficient (Wildman–Crippen LogP) is 1.04. The molecule has 3 amide bonds. The number of hydrogen-bond acceptors (Lipinski definition) is 4. The number of nitrogens with zero attached hydrogens (tertiary/aromatic N) is 2. The van der Waals surface area contributed by atoms with Gasteiger partial charge in [0.15, 0.2) is 0 Å². The van der Waals surface area contributed by atoms with E-state index in [1.165, 1.54) is 0 Å². The third-order valence-electron chi connectivity index (χ3n) is 4.70. The number of carbonyl (C=O) groups is 3. The summed E-state index contributed by atoms with van der Waals surface area (Å²) in [7, 11) is 0. The number of carbonyl (C=O) groups excluding carboxylic acids is 3. The van der Waals surface area contributed by atoms with E-state index in [4.69, 9.17) is 4.74 Å². The number of H-pyrrole nitrogens is 1. The Bertz CT molecular complexity index is 988. The second-order valence-corrected chi connectivity index (χ2v) is 6.63. The van der Waals surface area contributed by atoms with Crippen LogP contribution in [0.25, 0.3) is 0 Å². The summed E-state index contributed by atoms with van der Waals surface area (Å²) in [6.07, 6.45) is 4.26. The largest absolute Gasteiger partial charge is 0.370 e. The van der Waals surface area contributed by atoms with Gasteiger partial charge in [-0.25, -0.2) is 0 Å². The standard InChI is InChI=1S/C21H19N4O4/c26-19-8-3-15(12-23-21(28)18-2-1-9-22-18)13-25(19)17-6-4-16(5-7-17)24-10-11-29-14-20(24)27/h1-2,4-7,9,22H,10-14H2,(H,23,28). The van der Waals surface area contributed by atoms with Crippen molar-refractivity contribution >= 4 is 29.1 Å². The molecular weight excluding hydrogens is 372 g/mol. The summed E-state index contributed by atoms with van der Waals surface area (Å²) in [6.45, 7) is 1.64. The molecule has 8 heteroatoms. The van der Waals surface area contributed by atoms with Crippen LogP contribution in [0.5, 0.6) is 0 Å². The highest BCUT2D eigenvalue weighted by molar-refractivity contribution is 6.00.